The minimum absolute atomic E-state index is 0.106. The highest BCUT2D eigenvalue weighted by Gasteiger charge is 2.30. The smallest absolute Gasteiger partial charge is 0.294 e. The summed E-state index contributed by atoms with van der Waals surface area (Å²) >= 11 is 0. The summed E-state index contributed by atoms with van der Waals surface area (Å²) in [6.07, 6.45) is 10.6. The van der Waals surface area contributed by atoms with Crippen molar-refractivity contribution in [3.63, 3.8) is 0 Å². The molecule has 4 rings (SSSR count). The van der Waals surface area contributed by atoms with Crippen LogP contribution in [0.1, 0.15) is 18.1 Å². The first-order valence-electron chi connectivity index (χ1n) is 13.4. The van der Waals surface area contributed by atoms with Gasteiger partial charge in [0.25, 0.3) is 30.4 Å². The quantitative estimate of drug-likeness (QED) is 0.163. The van der Waals surface area contributed by atoms with Gasteiger partial charge in [-0.1, -0.05) is 29.9 Å². The van der Waals surface area contributed by atoms with Crippen LogP contribution in [0.4, 0.5) is 11.4 Å². The van der Waals surface area contributed by atoms with E-state index in [2.05, 4.69) is 0 Å². The van der Waals surface area contributed by atoms with E-state index in [1.54, 1.807) is 52.9 Å². The molecule has 2 heterocycles. The fraction of sp³-hybridized carbons (Fsp3) is 0.250. The zero-order valence-corrected chi connectivity index (χ0v) is 27.5. The first-order valence-corrected chi connectivity index (χ1v) is 19.5. The van der Waals surface area contributed by atoms with Crippen LogP contribution in [0, 0.1) is 0 Å². The van der Waals surface area contributed by atoms with E-state index in [1.807, 2.05) is 0 Å². The number of benzene rings is 2. The summed E-state index contributed by atoms with van der Waals surface area (Å²) in [7, 11) is -17.7. The van der Waals surface area contributed by atoms with Crippen LogP contribution >= 0.6 is 0 Å². The van der Waals surface area contributed by atoms with Gasteiger partial charge in [0.15, 0.2) is 12.3 Å². The predicted molar refractivity (Wildman–Crippen MR) is 168 cm³/mol. The van der Waals surface area contributed by atoms with Gasteiger partial charge in [-0.15, -0.1) is 0 Å². The average molecular weight is 715 g/mol. The minimum atomic E-state index is -4.70. The molecule has 0 amide bonds. The lowest BCUT2D eigenvalue weighted by Gasteiger charge is -2.20. The van der Waals surface area contributed by atoms with Gasteiger partial charge < -0.3 is 9.45 Å². The summed E-state index contributed by atoms with van der Waals surface area (Å²) in [5.41, 5.74) is 4.02. The van der Waals surface area contributed by atoms with E-state index >= 15 is 0 Å². The lowest BCUT2D eigenvalue weighted by molar-refractivity contribution is -0.431. The zero-order chi connectivity index (χ0) is 34.1. The molecule has 248 valence electrons. The van der Waals surface area contributed by atoms with Gasteiger partial charge in [-0.2, -0.15) is 29.8 Å². The van der Waals surface area contributed by atoms with E-state index in [-0.39, 0.29) is 30.8 Å². The molecule has 2 aromatic rings. The molecule has 2 aromatic carbocycles. The number of hydrogen-bond donors (Lipinski definition) is 3. The first-order chi connectivity index (χ1) is 21.2. The maximum atomic E-state index is 11.6. The Kier molecular flexibility index (Phi) is 10.2. The van der Waals surface area contributed by atoms with Gasteiger partial charge in [0.1, 0.15) is 15.9 Å². The maximum Gasteiger partial charge on any atom is 0.294 e. The third-order valence-electron chi connectivity index (χ3n) is 7.15. The van der Waals surface area contributed by atoms with Crippen molar-refractivity contribution >= 4 is 57.6 Å². The maximum absolute atomic E-state index is 11.6. The molecule has 14 nitrogen and oxygen atoms in total. The second-order valence-corrected chi connectivity index (χ2v) is 16.5. The monoisotopic (exact) mass is 714 g/mol. The Hall–Kier alpha value is -3.49. The van der Waals surface area contributed by atoms with Crippen LogP contribution in [0.25, 0.3) is 0 Å². The lowest BCUT2D eigenvalue weighted by atomic mass is 10.1. The Balaban J connectivity index is 1.56. The van der Waals surface area contributed by atoms with Crippen LogP contribution in [0.2, 0.25) is 0 Å². The summed E-state index contributed by atoms with van der Waals surface area (Å²) in [4.78, 5) is 0.903. The first kappa shape index (κ1) is 35.4. The molecule has 0 aromatic heterocycles. The van der Waals surface area contributed by atoms with Crippen molar-refractivity contribution in [1.82, 2.24) is 0 Å². The van der Waals surface area contributed by atoms with Crippen LogP contribution in [-0.4, -0.2) is 86.8 Å². The van der Waals surface area contributed by atoms with Crippen molar-refractivity contribution in [2.45, 2.75) is 29.6 Å². The Morgan fingerprint density at radius 2 is 1.52 bits per heavy atom. The average Bonchev–Trinajstić information content (AvgIpc) is 3.45. The van der Waals surface area contributed by atoms with Gasteiger partial charge in [0.05, 0.1) is 22.0 Å². The van der Waals surface area contributed by atoms with E-state index in [0.717, 1.165) is 11.6 Å². The molecule has 2 aliphatic heterocycles. The number of hydrogen-bond acceptors (Lipinski definition) is 10. The normalized spacial score (nSPS) is 17.1. The number of allylic oxidation sites excluding steroid dienone is 8. The summed E-state index contributed by atoms with van der Waals surface area (Å²) in [5.74, 6) is -1.16. The van der Waals surface area contributed by atoms with Crippen molar-refractivity contribution in [1.29, 1.82) is 0 Å². The van der Waals surface area contributed by atoms with Crippen LogP contribution < -0.4 is 4.90 Å². The topological polar surface area (TPSA) is 227 Å². The highest BCUT2D eigenvalue weighted by atomic mass is 32.2. The third kappa shape index (κ3) is 9.29. The van der Waals surface area contributed by atoms with Crippen LogP contribution in [-0.2, 0) is 53.3 Å². The van der Waals surface area contributed by atoms with Gasteiger partial charge in [0.2, 0.25) is 5.69 Å². The van der Waals surface area contributed by atoms with Gasteiger partial charge in [-0.25, -0.2) is 8.42 Å². The van der Waals surface area contributed by atoms with Crippen LogP contribution in [0.5, 0.6) is 0 Å². The molecule has 0 fully saturated rings. The molecule has 0 saturated heterocycles. The van der Waals surface area contributed by atoms with Crippen LogP contribution in [0.15, 0.2) is 93.9 Å². The summed E-state index contributed by atoms with van der Waals surface area (Å²) in [5, 5.41) is 0. The molecular weight excluding hydrogens is 685 g/mol. The van der Waals surface area contributed by atoms with E-state index in [1.165, 1.54) is 30.3 Å². The van der Waals surface area contributed by atoms with E-state index in [0.29, 0.717) is 33.9 Å². The van der Waals surface area contributed by atoms with Crippen molar-refractivity contribution < 1.29 is 56.5 Å². The number of anilines is 1. The SMILES string of the molecule is CC(C=CC=C1Cc2cc(S(=O)(=O)O)ccc2N1CCS(=O)(=O)O)=CC=CC1=[N+](CCS(=O)(=O)O)c2ccc(S(=O)(=O)[O-])cc2C1. The minimum Gasteiger partial charge on any atom is -0.744 e. The van der Waals surface area contributed by atoms with Gasteiger partial charge in [0, 0.05) is 42.1 Å². The van der Waals surface area contributed by atoms with E-state index in [4.69, 9.17) is 0 Å². The Morgan fingerprint density at radius 3 is 2.15 bits per heavy atom. The zero-order valence-electron chi connectivity index (χ0n) is 24.2. The third-order valence-corrected chi connectivity index (χ3v) is 10.2. The fourth-order valence-electron chi connectivity index (χ4n) is 5.06. The molecule has 3 N–H and O–H groups in total. The van der Waals surface area contributed by atoms with Crippen molar-refractivity contribution in [2.75, 3.05) is 29.5 Å². The molecule has 18 heteroatoms. The molecule has 0 saturated carbocycles. The molecule has 0 bridgehead atoms. The highest BCUT2D eigenvalue weighted by molar-refractivity contribution is 7.86. The molecule has 0 spiro atoms. The molecular formula is C28H30N2O12S4. The number of rotatable bonds is 12. The highest BCUT2D eigenvalue weighted by Crippen LogP contribution is 2.36. The Morgan fingerprint density at radius 1 is 0.870 bits per heavy atom. The summed E-state index contributed by atoms with van der Waals surface area (Å²) < 4.78 is 133. The molecule has 2 aliphatic rings. The summed E-state index contributed by atoms with van der Waals surface area (Å²) in [6, 6.07) is 7.72. The molecule has 0 unspecified atom stereocenters. The molecule has 0 radical (unpaired) electrons. The largest absolute Gasteiger partial charge is 0.744 e. The lowest BCUT2D eigenvalue weighted by Crippen LogP contribution is -2.26. The second kappa shape index (κ2) is 13.3. The standard InChI is InChI=1S/C28H30N2O12S4/c1-20(4-2-6-23-16-21-18-25(45(37,38)39)8-10-27(21)29(23)12-14-43(31,32)33)5-3-7-24-17-22-19-26(46(40,41)42)9-11-28(22)30(24)13-15-44(34,35)36/h2-11,18-19H,12-17H2,1H3,(H3-,31,32,33,34,35,36,37,38,39,40,41,42). The van der Waals surface area contributed by atoms with Crippen LogP contribution in [0.3, 0.4) is 0 Å². The second-order valence-electron chi connectivity index (χ2n) is 10.5. The van der Waals surface area contributed by atoms with E-state index in [9.17, 15) is 51.9 Å². The van der Waals surface area contributed by atoms with Crippen molar-refractivity contribution in [3.8, 4) is 0 Å². The molecule has 0 atom stereocenters. The van der Waals surface area contributed by atoms with Gasteiger partial charge in [-0.05, 0) is 48.9 Å². The van der Waals surface area contributed by atoms with Crippen molar-refractivity contribution in [3.05, 3.63) is 95.3 Å². The Labute approximate surface area is 267 Å². The van der Waals surface area contributed by atoms with Crippen molar-refractivity contribution in [2.24, 2.45) is 0 Å². The van der Waals surface area contributed by atoms with E-state index < -0.39 is 56.9 Å². The fourth-order valence-corrected chi connectivity index (χ4v) is 6.94. The number of fused-ring (bicyclic) bond motifs is 2. The number of nitrogens with zero attached hydrogens (tertiary/aromatic N) is 2. The van der Waals surface area contributed by atoms with Gasteiger partial charge >= 0.3 is 0 Å². The predicted octanol–water partition coefficient (Wildman–Crippen LogP) is 2.26. The molecule has 0 aliphatic carbocycles. The molecule has 46 heavy (non-hydrogen) atoms. The summed E-state index contributed by atoms with van der Waals surface area (Å²) in [6.45, 7) is 1.56. The Bertz CT molecular complexity index is 2160. The van der Waals surface area contributed by atoms with Gasteiger partial charge in [-0.3, -0.25) is 13.7 Å².